The van der Waals surface area contributed by atoms with Crippen molar-refractivity contribution in [2.75, 3.05) is 0 Å². The molecule has 0 heterocycles. The van der Waals surface area contributed by atoms with E-state index >= 15 is 0 Å². The number of hydrogen-bond donors (Lipinski definition) is 0. The van der Waals surface area contributed by atoms with Gasteiger partial charge in [0.2, 0.25) is 3.79 Å². The van der Waals surface area contributed by atoms with E-state index in [1.807, 2.05) is 0 Å². The lowest BCUT2D eigenvalue weighted by Crippen LogP contribution is -2.28. The highest BCUT2D eigenvalue weighted by Gasteiger charge is 2.47. The molecule has 0 aromatic heterocycles. The van der Waals surface area contributed by atoms with E-state index in [0.717, 1.165) is 0 Å². The predicted octanol–water partition coefficient (Wildman–Crippen LogP) is 4.62. The van der Waals surface area contributed by atoms with Crippen LogP contribution in [0.2, 0.25) is 0 Å². The molecule has 0 bridgehead atoms. The van der Waals surface area contributed by atoms with Gasteiger partial charge in [0, 0.05) is 0 Å². The highest BCUT2D eigenvalue weighted by atomic mass is 35.6. The van der Waals surface area contributed by atoms with Gasteiger partial charge in [-0.15, -0.1) is 0 Å². The van der Waals surface area contributed by atoms with Gasteiger partial charge in [-0.3, -0.25) is 0 Å². The third-order valence-electron chi connectivity index (χ3n) is 1.84. The highest BCUT2D eigenvalue weighted by molar-refractivity contribution is 6.75. The minimum atomic E-state index is -1.84. The first kappa shape index (κ1) is 13.7. The van der Waals surface area contributed by atoms with Gasteiger partial charge in [0.1, 0.15) is 6.61 Å². The van der Waals surface area contributed by atoms with Crippen molar-refractivity contribution in [1.29, 1.82) is 0 Å². The van der Waals surface area contributed by atoms with Crippen LogP contribution in [0, 0.1) is 0 Å². The Morgan fingerprint density at radius 2 is 1.40 bits per heavy atom. The molecule has 0 amide bonds. The monoisotopic (exact) mass is 305 g/mol. The number of halogens is 5. The Hall–Kier alpha value is 0.630. The quantitative estimate of drug-likeness (QED) is 0.711. The lowest BCUT2D eigenvalue weighted by atomic mass is 10.1. The average molecular weight is 307 g/mol. The van der Waals surface area contributed by atoms with Crippen molar-refractivity contribution < 1.29 is 5.11 Å². The summed E-state index contributed by atoms with van der Waals surface area (Å²) in [5.41, 5.74) is 1.05. The summed E-state index contributed by atoms with van der Waals surface area (Å²) in [5, 5.41) is 10.5. The molecule has 0 atom stereocenters. The van der Waals surface area contributed by atoms with Crippen LogP contribution in [0.15, 0.2) is 24.3 Å². The summed E-state index contributed by atoms with van der Waals surface area (Å²) < 4.78 is -3.48. The molecule has 0 aliphatic heterocycles. The van der Waals surface area contributed by atoms with Gasteiger partial charge in [-0.1, -0.05) is 82.3 Å². The minimum Gasteiger partial charge on any atom is -0.232 e. The van der Waals surface area contributed by atoms with Gasteiger partial charge in [-0.25, -0.2) is 5.11 Å². The Kier molecular flexibility index (Phi) is 4.44. The van der Waals surface area contributed by atoms with Crippen LogP contribution in [0.3, 0.4) is 0 Å². The van der Waals surface area contributed by atoms with Gasteiger partial charge in [0.25, 0.3) is 0 Å². The molecule has 0 saturated heterocycles. The zero-order chi connectivity index (χ0) is 11.7. The first-order valence-corrected chi connectivity index (χ1v) is 5.80. The second kappa shape index (κ2) is 4.87. The maximum Gasteiger partial charge on any atom is 0.227 e. The smallest absolute Gasteiger partial charge is 0.227 e. The zero-order valence-corrected chi connectivity index (χ0v) is 11.1. The van der Waals surface area contributed by atoms with E-state index in [4.69, 9.17) is 58.0 Å². The Balaban J connectivity index is 3.06. The molecule has 1 radical (unpaired) electrons. The molecule has 0 aliphatic rings. The molecular formula is C9H6Cl5O. The van der Waals surface area contributed by atoms with Crippen molar-refractivity contribution in [2.24, 2.45) is 0 Å². The molecule has 0 spiro atoms. The second-order valence-electron chi connectivity index (χ2n) is 2.91. The Morgan fingerprint density at radius 1 is 0.933 bits per heavy atom. The van der Waals surface area contributed by atoms with Gasteiger partial charge in [-0.2, -0.15) is 0 Å². The lowest BCUT2D eigenvalue weighted by Gasteiger charge is -2.27. The molecule has 15 heavy (non-hydrogen) atoms. The van der Waals surface area contributed by atoms with Gasteiger partial charge in [-0.05, 0) is 11.1 Å². The molecule has 0 fully saturated rings. The van der Waals surface area contributed by atoms with Crippen molar-refractivity contribution in [2.45, 2.75) is 14.7 Å². The summed E-state index contributed by atoms with van der Waals surface area (Å²) in [4.78, 5) is 0. The highest BCUT2D eigenvalue weighted by Crippen LogP contribution is 2.52. The third kappa shape index (κ3) is 3.06. The van der Waals surface area contributed by atoms with Gasteiger partial charge in [0.15, 0.2) is 4.33 Å². The first-order valence-electron chi connectivity index (χ1n) is 3.91. The standard InChI is InChI=1S/C9H6Cl5O/c10-8(11,9(12,13)14)7-3-1-6(5-15)2-4-7/h1-4H,5H2. The number of hydrogen-bond acceptors (Lipinski definition) is 0. The van der Waals surface area contributed by atoms with E-state index in [1.54, 1.807) is 24.3 Å². The third-order valence-corrected chi connectivity index (χ3v) is 4.27. The Morgan fingerprint density at radius 3 is 1.73 bits per heavy atom. The molecule has 1 aromatic carbocycles. The van der Waals surface area contributed by atoms with Crippen LogP contribution in [0.1, 0.15) is 11.1 Å². The summed E-state index contributed by atoms with van der Waals surface area (Å²) in [6.45, 7) is -0.314. The lowest BCUT2D eigenvalue weighted by molar-refractivity contribution is 0.177. The maximum absolute atomic E-state index is 10.5. The van der Waals surface area contributed by atoms with Crippen LogP contribution in [-0.2, 0) is 16.0 Å². The van der Waals surface area contributed by atoms with E-state index in [2.05, 4.69) is 0 Å². The summed E-state index contributed by atoms with van der Waals surface area (Å²) in [5.74, 6) is 0. The van der Waals surface area contributed by atoms with E-state index in [1.165, 1.54) is 0 Å². The largest absolute Gasteiger partial charge is 0.232 e. The molecular weight excluding hydrogens is 301 g/mol. The molecule has 0 aliphatic carbocycles. The summed E-state index contributed by atoms with van der Waals surface area (Å²) >= 11 is 28.8. The van der Waals surface area contributed by atoms with Crippen LogP contribution in [0.25, 0.3) is 0 Å². The topological polar surface area (TPSA) is 19.9 Å². The molecule has 0 saturated carbocycles. The second-order valence-corrected chi connectivity index (χ2v) is 6.52. The van der Waals surface area contributed by atoms with Gasteiger partial charge < -0.3 is 0 Å². The molecule has 0 N–H and O–H groups in total. The van der Waals surface area contributed by atoms with Crippen molar-refractivity contribution in [1.82, 2.24) is 0 Å². The Bertz CT molecular complexity index is 327. The van der Waals surface area contributed by atoms with Crippen molar-refractivity contribution in [3.05, 3.63) is 35.4 Å². The fourth-order valence-electron chi connectivity index (χ4n) is 0.974. The van der Waals surface area contributed by atoms with Gasteiger partial charge in [0.05, 0.1) is 0 Å². The summed E-state index contributed by atoms with van der Waals surface area (Å²) in [6, 6.07) is 6.32. The predicted molar refractivity (Wildman–Crippen MR) is 64.5 cm³/mol. The molecule has 6 heteroatoms. The zero-order valence-electron chi connectivity index (χ0n) is 7.31. The van der Waals surface area contributed by atoms with Crippen LogP contribution in [0.5, 0.6) is 0 Å². The number of rotatable bonds is 2. The summed E-state index contributed by atoms with van der Waals surface area (Å²) in [7, 11) is 0. The Labute approximate surface area is 113 Å². The van der Waals surface area contributed by atoms with Crippen molar-refractivity contribution >= 4 is 58.0 Å². The average Bonchev–Trinajstić information content (AvgIpc) is 2.16. The fourth-order valence-corrected chi connectivity index (χ4v) is 1.55. The SMILES string of the molecule is [O]Cc1ccc(C(Cl)(Cl)C(Cl)(Cl)Cl)cc1. The minimum absolute atomic E-state index is 0.314. The van der Waals surface area contributed by atoms with Crippen LogP contribution in [-0.4, -0.2) is 3.79 Å². The normalized spacial score (nSPS) is 12.9. The maximum atomic E-state index is 10.5. The molecule has 1 rings (SSSR count). The van der Waals surface area contributed by atoms with Crippen LogP contribution < -0.4 is 0 Å². The number of alkyl halides is 5. The van der Waals surface area contributed by atoms with Crippen molar-refractivity contribution in [3.8, 4) is 0 Å². The summed E-state index contributed by atoms with van der Waals surface area (Å²) in [6.07, 6.45) is 0. The van der Waals surface area contributed by atoms with E-state index in [-0.39, 0.29) is 6.61 Å². The van der Waals surface area contributed by atoms with E-state index in [9.17, 15) is 5.11 Å². The molecule has 1 nitrogen and oxygen atoms in total. The van der Waals surface area contributed by atoms with Crippen LogP contribution in [0.4, 0.5) is 0 Å². The van der Waals surface area contributed by atoms with E-state index < -0.39 is 8.13 Å². The fraction of sp³-hybridized carbons (Fsp3) is 0.333. The van der Waals surface area contributed by atoms with Crippen LogP contribution >= 0.6 is 58.0 Å². The molecule has 83 valence electrons. The molecule has 0 unspecified atom stereocenters. The first-order chi connectivity index (χ1) is 6.79. The molecule has 1 aromatic rings. The van der Waals surface area contributed by atoms with Gasteiger partial charge >= 0.3 is 0 Å². The van der Waals surface area contributed by atoms with E-state index in [0.29, 0.717) is 11.1 Å². The van der Waals surface area contributed by atoms with Crippen molar-refractivity contribution in [3.63, 3.8) is 0 Å². The number of benzene rings is 1.